The highest BCUT2D eigenvalue weighted by atomic mass is 32.2. The molecule has 0 spiro atoms. The number of hydrogen-bond donors (Lipinski definition) is 0. The molecule has 0 aliphatic rings. The maximum atomic E-state index is 13.2. The number of carbonyl (C=O) groups is 1. The fraction of sp³-hybridized carbons (Fsp3) is 0.417. The zero-order chi connectivity index (χ0) is 11.3. The Hall–Kier alpha value is -0.830. The Kier molecular flexibility index (Phi) is 4.33. The zero-order valence-corrected chi connectivity index (χ0v) is 9.81. The first-order valence-corrected chi connectivity index (χ1v) is 5.87. The third kappa shape index (κ3) is 4.98. The molecular formula is C12H15FOS. The maximum Gasteiger partial charge on any atom is 0.150 e. The van der Waals surface area contributed by atoms with E-state index in [1.165, 1.54) is 0 Å². The number of halogens is 1. The quantitative estimate of drug-likeness (QED) is 0.562. The third-order valence-electron chi connectivity index (χ3n) is 1.98. The molecule has 0 saturated heterocycles. The van der Waals surface area contributed by atoms with Crippen molar-refractivity contribution in [3.63, 3.8) is 0 Å². The van der Waals surface area contributed by atoms with Crippen molar-refractivity contribution < 1.29 is 9.18 Å². The van der Waals surface area contributed by atoms with Gasteiger partial charge in [0, 0.05) is 16.2 Å². The van der Waals surface area contributed by atoms with E-state index in [-0.39, 0.29) is 0 Å². The molecule has 0 N–H and O–H groups in total. The van der Waals surface area contributed by atoms with Gasteiger partial charge in [0.05, 0.1) is 0 Å². The third-order valence-corrected chi connectivity index (χ3v) is 3.00. The summed E-state index contributed by atoms with van der Waals surface area (Å²) in [6.07, 6.45) is 1.35. The van der Waals surface area contributed by atoms with Gasteiger partial charge >= 0.3 is 0 Å². The second kappa shape index (κ2) is 5.31. The summed E-state index contributed by atoms with van der Waals surface area (Å²) in [5, 5.41) is 0. The van der Waals surface area contributed by atoms with E-state index >= 15 is 0 Å². The monoisotopic (exact) mass is 226 g/mol. The van der Waals surface area contributed by atoms with Crippen LogP contribution in [-0.2, 0) is 0 Å². The fourth-order valence-electron chi connectivity index (χ4n) is 1.05. The van der Waals surface area contributed by atoms with Crippen LogP contribution < -0.4 is 0 Å². The van der Waals surface area contributed by atoms with E-state index in [9.17, 15) is 9.18 Å². The summed E-state index contributed by atoms with van der Waals surface area (Å²) in [6, 6.07) is 7.32. The van der Waals surface area contributed by atoms with E-state index in [1.807, 2.05) is 12.1 Å². The van der Waals surface area contributed by atoms with Crippen molar-refractivity contribution in [3.05, 3.63) is 29.8 Å². The van der Waals surface area contributed by atoms with E-state index < -0.39 is 5.67 Å². The average molecular weight is 226 g/mol. The van der Waals surface area contributed by atoms with Gasteiger partial charge in [-0.25, -0.2) is 4.39 Å². The average Bonchev–Trinajstić information content (AvgIpc) is 2.17. The second-order valence-electron chi connectivity index (χ2n) is 4.00. The Bertz CT molecular complexity index is 313. The van der Waals surface area contributed by atoms with E-state index in [2.05, 4.69) is 0 Å². The smallest absolute Gasteiger partial charge is 0.150 e. The first kappa shape index (κ1) is 12.2. The highest BCUT2D eigenvalue weighted by molar-refractivity contribution is 7.99. The van der Waals surface area contributed by atoms with Gasteiger partial charge in [-0.1, -0.05) is 12.1 Å². The Morgan fingerprint density at radius 1 is 1.33 bits per heavy atom. The van der Waals surface area contributed by atoms with Crippen LogP contribution in [-0.4, -0.2) is 17.7 Å². The van der Waals surface area contributed by atoms with Crippen LogP contribution in [0.1, 0.15) is 30.6 Å². The fourth-order valence-corrected chi connectivity index (χ4v) is 2.21. The lowest BCUT2D eigenvalue weighted by Gasteiger charge is -2.12. The van der Waals surface area contributed by atoms with Gasteiger partial charge in [0.25, 0.3) is 0 Å². The molecule has 0 atom stereocenters. The molecule has 15 heavy (non-hydrogen) atoms. The molecule has 82 valence electrons. The van der Waals surface area contributed by atoms with Gasteiger partial charge in [0.2, 0.25) is 0 Å². The molecule has 0 aromatic heterocycles. The van der Waals surface area contributed by atoms with Gasteiger partial charge in [-0.3, -0.25) is 4.79 Å². The summed E-state index contributed by atoms with van der Waals surface area (Å²) < 4.78 is 13.2. The number of benzene rings is 1. The first-order chi connectivity index (χ1) is 7.01. The van der Waals surface area contributed by atoms with E-state index in [1.54, 1.807) is 37.7 Å². The van der Waals surface area contributed by atoms with Crippen LogP contribution in [0.2, 0.25) is 0 Å². The molecule has 3 heteroatoms. The highest BCUT2D eigenvalue weighted by Crippen LogP contribution is 2.23. The molecule has 1 nitrogen and oxygen atoms in total. The molecule has 0 aliphatic heterocycles. The lowest BCUT2D eigenvalue weighted by Crippen LogP contribution is -2.12. The molecule has 1 rings (SSSR count). The molecule has 1 aromatic rings. The molecule has 0 saturated carbocycles. The topological polar surface area (TPSA) is 17.1 Å². The Morgan fingerprint density at radius 3 is 2.40 bits per heavy atom. The van der Waals surface area contributed by atoms with Crippen molar-refractivity contribution in [2.75, 3.05) is 5.75 Å². The second-order valence-corrected chi connectivity index (χ2v) is 5.17. The summed E-state index contributed by atoms with van der Waals surface area (Å²) in [5.74, 6) is 0.754. The Labute approximate surface area is 94.1 Å². The van der Waals surface area contributed by atoms with Crippen LogP contribution in [0.5, 0.6) is 0 Å². The summed E-state index contributed by atoms with van der Waals surface area (Å²) in [7, 11) is 0. The Morgan fingerprint density at radius 2 is 1.93 bits per heavy atom. The molecule has 1 aromatic carbocycles. The Balaban J connectivity index is 2.41. The van der Waals surface area contributed by atoms with Crippen molar-refractivity contribution in [2.24, 2.45) is 0 Å². The van der Waals surface area contributed by atoms with E-state index in [0.29, 0.717) is 12.0 Å². The summed E-state index contributed by atoms with van der Waals surface area (Å²) in [5.41, 5.74) is -0.430. The number of hydrogen-bond acceptors (Lipinski definition) is 2. The van der Waals surface area contributed by atoms with Gasteiger partial charge in [0.1, 0.15) is 12.0 Å². The summed E-state index contributed by atoms with van der Waals surface area (Å²) in [6.45, 7) is 3.17. The number of rotatable bonds is 5. The van der Waals surface area contributed by atoms with Gasteiger partial charge < -0.3 is 0 Å². The molecule has 0 amide bonds. The number of carbonyl (C=O) groups excluding carboxylic acids is 1. The van der Waals surface area contributed by atoms with Gasteiger partial charge in [-0.05, 0) is 32.4 Å². The van der Waals surface area contributed by atoms with Gasteiger partial charge in [-0.2, -0.15) is 0 Å². The predicted octanol–water partition coefficient (Wildman–Crippen LogP) is 3.73. The van der Waals surface area contributed by atoms with Gasteiger partial charge in [0.15, 0.2) is 0 Å². The maximum absolute atomic E-state index is 13.2. The molecule has 0 unspecified atom stereocenters. The summed E-state index contributed by atoms with van der Waals surface area (Å²) >= 11 is 1.61. The lowest BCUT2D eigenvalue weighted by molar-refractivity contribution is 0.112. The van der Waals surface area contributed by atoms with Crippen LogP contribution in [0.25, 0.3) is 0 Å². The normalized spacial score (nSPS) is 11.4. The SMILES string of the molecule is CC(C)(F)CCSc1ccc(C=O)cc1. The van der Waals surface area contributed by atoms with Crippen LogP contribution >= 0.6 is 11.8 Å². The largest absolute Gasteiger partial charge is 0.298 e. The number of alkyl halides is 1. The van der Waals surface area contributed by atoms with Crippen LogP contribution in [0, 0.1) is 0 Å². The minimum atomic E-state index is -1.10. The first-order valence-electron chi connectivity index (χ1n) is 4.88. The molecule has 0 heterocycles. The molecule has 0 fully saturated rings. The van der Waals surface area contributed by atoms with Gasteiger partial charge in [-0.15, -0.1) is 11.8 Å². The lowest BCUT2D eigenvalue weighted by atomic mass is 10.1. The van der Waals surface area contributed by atoms with Crippen molar-refractivity contribution in [1.82, 2.24) is 0 Å². The van der Waals surface area contributed by atoms with Crippen molar-refractivity contribution in [3.8, 4) is 0 Å². The minimum absolute atomic E-state index is 0.535. The highest BCUT2D eigenvalue weighted by Gasteiger charge is 2.14. The molecule has 0 aliphatic carbocycles. The molecular weight excluding hydrogens is 211 g/mol. The number of thioether (sulfide) groups is 1. The summed E-state index contributed by atoms with van der Waals surface area (Å²) in [4.78, 5) is 11.5. The predicted molar refractivity (Wildman–Crippen MR) is 62.4 cm³/mol. The molecule has 0 radical (unpaired) electrons. The molecule has 0 bridgehead atoms. The van der Waals surface area contributed by atoms with Crippen molar-refractivity contribution in [2.45, 2.75) is 30.8 Å². The number of aldehydes is 1. The van der Waals surface area contributed by atoms with Crippen molar-refractivity contribution >= 4 is 18.0 Å². The standard InChI is InChI=1S/C12H15FOS/c1-12(2,13)7-8-15-11-5-3-10(9-14)4-6-11/h3-6,9H,7-8H2,1-2H3. The van der Waals surface area contributed by atoms with Crippen LogP contribution in [0.3, 0.4) is 0 Å². The van der Waals surface area contributed by atoms with Crippen LogP contribution in [0.4, 0.5) is 4.39 Å². The van der Waals surface area contributed by atoms with E-state index in [0.717, 1.165) is 16.9 Å². The van der Waals surface area contributed by atoms with E-state index in [4.69, 9.17) is 0 Å². The zero-order valence-electron chi connectivity index (χ0n) is 9.00. The minimum Gasteiger partial charge on any atom is -0.298 e. The van der Waals surface area contributed by atoms with Crippen LogP contribution in [0.15, 0.2) is 29.2 Å². The van der Waals surface area contributed by atoms with Crippen molar-refractivity contribution in [1.29, 1.82) is 0 Å².